The molecule has 0 atom stereocenters. The van der Waals surface area contributed by atoms with Crippen LogP contribution in [0.3, 0.4) is 0 Å². The van der Waals surface area contributed by atoms with Gasteiger partial charge in [-0.3, -0.25) is 9.48 Å². The van der Waals surface area contributed by atoms with Gasteiger partial charge in [-0.15, -0.1) is 5.10 Å². The van der Waals surface area contributed by atoms with Crippen molar-refractivity contribution in [3.05, 3.63) is 42.0 Å². The Morgan fingerprint density at radius 2 is 2.04 bits per heavy atom. The zero-order chi connectivity index (χ0) is 18.9. The van der Waals surface area contributed by atoms with Crippen molar-refractivity contribution in [2.24, 2.45) is 7.05 Å². The first-order valence-corrected chi connectivity index (χ1v) is 7.13. The van der Waals surface area contributed by atoms with Crippen LogP contribution < -0.4 is 10.1 Å². The summed E-state index contributed by atoms with van der Waals surface area (Å²) < 4.78 is 45.6. The van der Waals surface area contributed by atoms with E-state index in [2.05, 4.69) is 25.9 Å². The smallest absolute Gasteiger partial charge is 0.435 e. The number of aromatic nitrogens is 6. The predicted molar refractivity (Wildman–Crippen MR) is 81.9 cm³/mol. The van der Waals surface area contributed by atoms with Crippen LogP contribution in [0.4, 0.5) is 18.9 Å². The summed E-state index contributed by atoms with van der Waals surface area (Å²) in [6, 6.07) is 5.38. The second-order valence-corrected chi connectivity index (χ2v) is 5.13. The maximum absolute atomic E-state index is 12.7. The molecule has 136 valence electrons. The largest absolute Gasteiger partial charge is 0.494 e. The van der Waals surface area contributed by atoms with Crippen molar-refractivity contribution in [1.82, 2.24) is 30.0 Å². The molecule has 0 radical (unpaired) electrons. The Morgan fingerprint density at radius 3 is 2.62 bits per heavy atom. The lowest BCUT2D eigenvalue weighted by Gasteiger charge is -2.11. The molecule has 0 aliphatic carbocycles. The van der Waals surface area contributed by atoms with E-state index in [4.69, 9.17) is 4.74 Å². The van der Waals surface area contributed by atoms with Crippen LogP contribution in [0.1, 0.15) is 16.2 Å². The van der Waals surface area contributed by atoms with Crippen molar-refractivity contribution < 1.29 is 22.7 Å². The number of carbonyl (C=O) groups is 1. The second kappa shape index (κ2) is 6.46. The zero-order valence-electron chi connectivity index (χ0n) is 13.5. The van der Waals surface area contributed by atoms with Crippen molar-refractivity contribution in [1.29, 1.82) is 0 Å². The number of benzene rings is 1. The SMILES string of the molecule is COc1cc(-n2cnnn2)ccc1NC(=O)c1cc(C(F)(F)F)nn1C. The molecule has 3 aromatic rings. The first-order chi connectivity index (χ1) is 12.3. The molecule has 0 unspecified atom stereocenters. The Morgan fingerprint density at radius 1 is 1.27 bits per heavy atom. The highest BCUT2D eigenvalue weighted by atomic mass is 19.4. The molecule has 1 amide bonds. The standard InChI is InChI=1S/C14H12F3N7O2/c1-23-10(6-12(20-23)14(15,16)17)13(25)19-9-4-3-8(5-11(9)26-2)24-7-18-21-22-24/h3-7H,1-2H3,(H,19,25). The lowest BCUT2D eigenvalue weighted by Crippen LogP contribution is -2.16. The number of aryl methyl sites for hydroxylation is 1. The molecule has 9 nitrogen and oxygen atoms in total. The monoisotopic (exact) mass is 367 g/mol. The second-order valence-electron chi connectivity index (χ2n) is 5.13. The van der Waals surface area contributed by atoms with Gasteiger partial charge in [-0.25, -0.2) is 4.68 Å². The Labute approximate surface area is 144 Å². The van der Waals surface area contributed by atoms with Crippen LogP contribution in [0.25, 0.3) is 5.69 Å². The molecule has 0 fully saturated rings. The molecule has 0 aliphatic heterocycles. The number of carbonyl (C=O) groups excluding carboxylic acids is 1. The van der Waals surface area contributed by atoms with E-state index in [1.807, 2.05) is 0 Å². The van der Waals surface area contributed by atoms with E-state index in [9.17, 15) is 18.0 Å². The van der Waals surface area contributed by atoms with Gasteiger partial charge in [0, 0.05) is 19.2 Å². The van der Waals surface area contributed by atoms with Gasteiger partial charge in [-0.05, 0) is 22.6 Å². The molecule has 12 heteroatoms. The Balaban J connectivity index is 1.87. The quantitative estimate of drug-likeness (QED) is 0.753. The summed E-state index contributed by atoms with van der Waals surface area (Å²) in [7, 11) is 2.64. The molecule has 0 aliphatic rings. The molecule has 0 saturated carbocycles. The fraction of sp³-hybridized carbons (Fsp3) is 0.214. The number of anilines is 1. The number of halogens is 3. The summed E-state index contributed by atoms with van der Waals surface area (Å²) in [5.41, 5.74) is -0.552. The van der Waals surface area contributed by atoms with Crippen molar-refractivity contribution in [2.45, 2.75) is 6.18 Å². The number of amides is 1. The summed E-state index contributed by atoms with van der Waals surface area (Å²) in [6.45, 7) is 0. The van der Waals surface area contributed by atoms with Crippen LogP contribution >= 0.6 is 0 Å². The Kier molecular flexibility index (Phi) is 4.32. The Bertz CT molecular complexity index is 935. The minimum Gasteiger partial charge on any atom is -0.494 e. The fourth-order valence-electron chi connectivity index (χ4n) is 2.21. The normalized spacial score (nSPS) is 11.4. The van der Waals surface area contributed by atoms with E-state index in [-0.39, 0.29) is 17.1 Å². The molecular formula is C14H12F3N7O2. The van der Waals surface area contributed by atoms with Gasteiger partial charge >= 0.3 is 6.18 Å². The fourth-order valence-corrected chi connectivity index (χ4v) is 2.21. The van der Waals surface area contributed by atoms with Gasteiger partial charge in [0.25, 0.3) is 5.91 Å². The van der Waals surface area contributed by atoms with Crippen LogP contribution in [0.15, 0.2) is 30.6 Å². The minimum absolute atomic E-state index is 0.246. The van der Waals surface area contributed by atoms with Gasteiger partial charge in [-0.1, -0.05) is 0 Å². The minimum atomic E-state index is -4.64. The highest BCUT2D eigenvalue weighted by Gasteiger charge is 2.35. The topological polar surface area (TPSA) is 99.8 Å². The highest BCUT2D eigenvalue weighted by molar-refractivity contribution is 6.04. The Hall–Kier alpha value is -3.44. The molecule has 0 bridgehead atoms. The van der Waals surface area contributed by atoms with Gasteiger partial charge in [0.15, 0.2) is 5.69 Å². The van der Waals surface area contributed by atoms with E-state index >= 15 is 0 Å². The predicted octanol–water partition coefficient (Wildman–Crippen LogP) is 1.68. The summed E-state index contributed by atoms with van der Waals surface area (Å²) in [4.78, 5) is 12.3. The average Bonchev–Trinajstić information content (AvgIpc) is 3.24. The number of ether oxygens (including phenoxy) is 1. The number of hydrogen-bond acceptors (Lipinski definition) is 6. The van der Waals surface area contributed by atoms with Gasteiger partial charge in [0.05, 0.1) is 18.5 Å². The molecule has 26 heavy (non-hydrogen) atoms. The number of tetrazole rings is 1. The molecular weight excluding hydrogens is 355 g/mol. The number of nitrogens with zero attached hydrogens (tertiary/aromatic N) is 6. The molecule has 3 rings (SSSR count). The van der Waals surface area contributed by atoms with Crippen LogP contribution in [-0.2, 0) is 13.2 Å². The summed E-state index contributed by atoms with van der Waals surface area (Å²) in [5.74, 6) is -0.478. The number of methoxy groups -OCH3 is 1. The third-order valence-corrected chi connectivity index (χ3v) is 3.45. The van der Waals surface area contributed by atoms with Crippen molar-refractivity contribution in [2.75, 3.05) is 12.4 Å². The van der Waals surface area contributed by atoms with E-state index < -0.39 is 17.8 Å². The van der Waals surface area contributed by atoms with Crippen LogP contribution in [0.5, 0.6) is 5.75 Å². The summed E-state index contributed by atoms with van der Waals surface area (Å²) >= 11 is 0. The first kappa shape index (κ1) is 17.4. The molecule has 1 aromatic carbocycles. The van der Waals surface area contributed by atoms with Crippen molar-refractivity contribution in [3.8, 4) is 11.4 Å². The van der Waals surface area contributed by atoms with Crippen molar-refractivity contribution >= 4 is 11.6 Å². The number of hydrogen-bond donors (Lipinski definition) is 1. The van der Waals surface area contributed by atoms with Crippen molar-refractivity contribution in [3.63, 3.8) is 0 Å². The van der Waals surface area contributed by atoms with Crippen LogP contribution in [-0.4, -0.2) is 43.0 Å². The van der Waals surface area contributed by atoms with Crippen LogP contribution in [0, 0.1) is 0 Å². The van der Waals surface area contributed by atoms with E-state index in [0.717, 1.165) is 4.68 Å². The molecule has 1 N–H and O–H groups in total. The molecule has 2 heterocycles. The van der Waals surface area contributed by atoms with E-state index in [1.54, 1.807) is 12.1 Å². The van der Waals surface area contributed by atoms with Gasteiger partial charge < -0.3 is 10.1 Å². The van der Waals surface area contributed by atoms with Gasteiger partial charge in [0.1, 0.15) is 17.8 Å². The third-order valence-electron chi connectivity index (χ3n) is 3.45. The molecule has 0 saturated heterocycles. The lowest BCUT2D eigenvalue weighted by atomic mass is 10.2. The van der Waals surface area contributed by atoms with E-state index in [0.29, 0.717) is 11.8 Å². The third kappa shape index (κ3) is 3.34. The first-order valence-electron chi connectivity index (χ1n) is 7.13. The average molecular weight is 367 g/mol. The maximum Gasteiger partial charge on any atom is 0.435 e. The van der Waals surface area contributed by atoms with Gasteiger partial charge in [-0.2, -0.15) is 18.3 Å². The number of alkyl halides is 3. The summed E-state index contributed by atoms with van der Waals surface area (Å²) in [5, 5.41) is 16.6. The highest BCUT2D eigenvalue weighted by Crippen LogP contribution is 2.30. The maximum atomic E-state index is 12.7. The molecule has 0 spiro atoms. The van der Waals surface area contributed by atoms with Crippen LogP contribution in [0.2, 0.25) is 0 Å². The summed E-state index contributed by atoms with van der Waals surface area (Å²) in [6.07, 6.45) is -3.26. The van der Waals surface area contributed by atoms with Gasteiger partial charge in [0.2, 0.25) is 0 Å². The number of nitrogens with one attached hydrogen (secondary N) is 1. The lowest BCUT2D eigenvalue weighted by molar-refractivity contribution is -0.141. The molecule has 2 aromatic heterocycles. The van der Waals surface area contributed by atoms with E-state index in [1.165, 1.54) is 31.2 Å². The number of rotatable bonds is 4. The zero-order valence-corrected chi connectivity index (χ0v) is 13.5.